The lowest BCUT2D eigenvalue weighted by Gasteiger charge is -2.15. The summed E-state index contributed by atoms with van der Waals surface area (Å²) in [5, 5.41) is 2.35. The van der Waals surface area contributed by atoms with Gasteiger partial charge in [0.2, 0.25) is 0 Å². The van der Waals surface area contributed by atoms with Crippen LogP contribution >= 0.6 is 34.9 Å². The van der Waals surface area contributed by atoms with Crippen molar-refractivity contribution < 1.29 is 0 Å². The Morgan fingerprint density at radius 1 is 0.692 bits per heavy atom. The standard InChI is InChI=1S/C34H46N2S3/c1-7-11-13-25(9-3)21-37-33-29-30(32(36-33)28-20-17-24(6)39-28)34(38-22-26(10-4)14-12-8-2)35-31(29)27-18-15-23(5)16-19-27/h15-20,25-26H,7-14,21-22H2,1-6H3. The number of unbranched alkanes of at least 4 members (excludes halogenated alkanes) is 2. The Kier molecular flexibility index (Phi) is 11.6. The van der Waals surface area contributed by atoms with E-state index in [1.807, 2.05) is 34.9 Å². The van der Waals surface area contributed by atoms with Gasteiger partial charge in [0, 0.05) is 33.1 Å². The van der Waals surface area contributed by atoms with Crippen LogP contribution in [0.15, 0.2) is 57.5 Å². The molecule has 2 aliphatic heterocycles. The fourth-order valence-electron chi connectivity index (χ4n) is 5.14. The van der Waals surface area contributed by atoms with Gasteiger partial charge in [0.1, 0.15) is 10.1 Å². The molecule has 2 aromatic rings. The number of thiophene rings is 1. The van der Waals surface area contributed by atoms with Crippen LogP contribution in [0.25, 0.3) is 11.4 Å². The molecule has 4 rings (SSSR count). The zero-order valence-corrected chi connectivity index (χ0v) is 27.3. The molecule has 0 spiro atoms. The first-order chi connectivity index (χ1) is 19.0. The minimum absolute atomic E-state index is 0.734. The maximum Gasteiger partial charge on any atom is 0.107 e. The van der Waals surface area contributed by atoms with Crippen molar-refractivity contribution in [2.24, 2.45) is 21.8 Å². The van der Waals surface area contributed by atoms with Gasteiger partial charge in [-0.05, 0) is 50.7 Å². The van der Waals surface area contributed by atoms with Gasteiger partial charge in [0.25, 0.3) is 0 Å². The molecule has 5 heteroatoms. The van der Waals surface area contributed by atoms with Gasteiger partial charge in [-0.15, -0.1) is 34.9 Å². The molecule has 1 aromatic heterocycles. The van der Waals surface area contributed by atoms with E-state index in [1.165, 1.54) is 93.5 Å². The van der Waals surface area contributed by atoms with Gasteiger partial charge in [0.05, 0.1) is 16.3 Å². The van der Waals surface area contributed by atoms with Crippen molar-refractivity contribution in [1.82, 2.24) is 0 Å². The Morgan fingerprint density at radius 3 is 1.72 bits per heavy atom. The van der Waals surface area contributed by atoms with Gasteiger partial charge in [-0.2, -0.15) is 0 Å². The minimum atomic E-state index is 0.734. The highest BCUT2D eigenvalue weighted by molar-refractivity contribution is 8.15. The second-order valence-electron chi connectivity index (χ2n) is 11.0. The van der Waals surface area contributed by atoms with Gasteiger partial charge >= 0.3 is 0 Å². The van der Waals surface area contributed by atoms with Crippen molar-refractivity contribution in [3.05, 3.63) is 68.4 Å². The molecule has 0 saturated carbocycles. The van der Waals surface area contributed by atoms with Crippen molar-refractivity contribution >= 4 is 56.3 Å². The van der Waals surface area contributed by atoms with Gasteiger partial charge in [-0.1, -0.05) is 96.0 Å². The molecule has 1 aromatic carbocycles. The third kappa shape index (κ3) is 7.59. The van der Waals surface area contributed by atoms with Gasteiger partial charge < -0.3 is 0 Å². The van der Waals surface area contributed by atoms with Crippen molar-refractivity contribution in [3.63, 3.8) is 0 Å². The average Bonchev–Trinajstić information content (AvgIpc) is 3.65. The summed E-state index contributed by atoms with van der Waals surface area (Å²) in [6.45, 7) is 13.6. The number of aliphatic imine (C=N–C) groups is 2. The Balaban J connectivity index is 1.73. The monoisotopic (exact) mass is 578 g/mol. The highest BCUT2D eigenvalue weighted by Gasteiger charge is 2.37. The SMILES string of the molecule is CCCCC(CC)CSC1=NC(c2ccc(C)s2)=C2C(SCC(CC)CCCC)=NC(c3ccc(C)cc3)=C12. The van der Waals surface area contributed by atoms with Crippen LogP contribution in [0.4, 0.5) is 0 Å². The van der Waals surface area contributed by atoms with E-state index in [0.717, 1.165) is 34.7 Å². The van der Waals surface area contributed by atoms with Crippen molar-refractivity contribution in [3.8, 4) is 0 Å². The van der Waals surface area contributed by atoms with Crippen molar-refractivity contribution in [2.45, 2.75) is 92.9 Å². The lowest BCUT2D eigenvalue weighted by Crippen LogP contribution is -2.08. The van der Waals surface area contributed by atoms with Crippen LogP contribution in [0.5, 0.6) is 0 Å². The summed E-state index contributed by atoms with van der Waals surface area (Å²) in [4.78, 5) is 13.4. The Hall–Kier alpha value is -1.56. The molecule has 0 fully saturated rings. The van der Waals surface area contributed by atoms with E-state index >= 15 is 0 Å². The molecular weight excluding hydrogens is 533 g/mol. The van der Waals surface area contributed by atoms with Gasteiger partial charge in [-0.25, -0.2) is 9.98 Å². The summed E-state index contributed by atoms with van der Waals surface area (Å²) in [7, 11) is 0. The summed E-state index contributed by atoms with van der Waals surface area (Å²) in [6, 6.07) is 13.4. The number of thioether (sulfide) groups is 2. The van der Waals surface area contributed by atoms with Gasteiger partial charge in [0.15, 0.2) is 0 Å². The first-order valence-corrected chi connectivity index (χ1v) is 17.8. The number of hydrogen-bond acceptors (Lipinski definition) is 5. The molecule has 0 aliphatic carbocycles. The van der Waals surface area contributed by atoms with E-state index in [-0.39, 0.29) is 0 Å². The van der Waals surface area contributed by atoms with Crippen molar-refractivity contribution in [1.29, 1.82) is 0 Å². The zero-order chi connectivity index (χ0) is 27.8. The van der Waals surface area contributed by atoms with Crippen LogP contribution in [-0.2, 0) is 0 Å². The maximum atomic E-state index is 5.40. The molecule has 2 nitrogen and oxygen atoms in total. The molecule has 3 heterocycles. The number of fused-ring (bicyclic) bond motifs is 1. The first-order valence-electron chi connectivity index (χ1n) is 15.0. The molecule has 0 radical (unpaired) electrons. The number of benzene rings is 1. The van der Waals surface area contributed by atoms with Crippen LogP contribution in [0.3, 0.4) is 0 Å². The number of hydrogen-bond donors (Lipinski definition) is 0. The summed E-state index contributed by atoms with van der Waals surface area (Å²) in [6.07, 6.45) is 10.2. The molecule has 0 N–H and O–H groups in total. The summed E-state index contributed by atoms with van der Waals surface area (Å²) in [5.41, 5.74) is 7.31. The Bertz CT molecular complexity index is 1210. The highest BCUT2D eigenvalue weighted by atomic mass is 32.2. The Morgan fingerprint density at radius 2 is 1.23 bits per heavy atom. The van der Waals surface area contributed by atoms with E-state index in [2.05, 4.69) is 77.9 Å². The molecule has 2 atom stereocenters. The topological polar surface area (TPSA) is 24.7 Å². The summed E-state index contributed by atoms with van der Waals surface area (Å²) >= 11 is 5.79. The lowest BCUT2D eigenvalue weighted by atomic mass is 10.0. The molecular formula is C34H46N2S3. The molecule has 0 saturated heterocycles. The van der Waals surface area contributed by atoms with Crippen LogP contribution in [-0.4, -0.2) is 21.6 Å². The molecule has 39 heavy (non-hydrogen) atoms. The van der Waals surface area contributed by atoms with E-state index in [4.69, 9.17) is 9.98 Å². The molecule has 210 valence electrons. The van der Waals surface area contributed by atoms with Crippen LogP contribution in [0.1, 0.15) is 99.9 Å². The predicted octanol–water partition coefficient (Wildman–Crippen LogP) is 11.2. The van der Waals surface area contributed by atoms with Gasteiger partial charge in [-0.3, -0.25) is 0 Å². The smallest absolute Gasteiger partial charge is 0.107 e. The molecule has 2 aliphatic rings. The van der Waals surface area contributed by atoms with E-state index in [9.17, 15) is 0 Å². The minimum Gasteiger partial charge on any atom is -0.240 e. The summed E-state index contributed by atoms with van der Waals surface area (Å²) < 4.78 is 0. The second kappa shape index (κ2) is 14.9. The zero-order valence-electron chi connectivity index (χ0n) is 24.8. The molecule has 0 amide bonds. The molecule has 0 bridgehead atoms. The van der Waals surface area contributed by atoms with Crippen LogP contribution in [0.2, 0.25) is 0 Å². The van der Waals surface area contributed by atoms with E-state index in [1.54, 1.807) is 0 Å². The highest BCUT2D eigenvalue weighted by Crippen LogP contribution is 2.48. The van der Waals surface area contributed by atoms with Crippen LogP contribution < -0.4 is 0 Å². The quantitative estimate of drug-likeness (QED) is 0.223. The largest absolute Gasteiger partial charge is 0.240 e. The second-order valence-corrected chi connectivity index (χ2v) is 14.3. The third-order valence-corrected chi connectivity index (χ3v) is 11.3. The predicted molar refractivity (Wildman–Crippen MR) is 180 cm³/mol. The summed E-state index contributed by atoms with van der Waals surface area (Å²) in [5.74, 6) is 3.72. The van der Waals surface area contributed by atoms with Crippen LogP contribution in [0, 0.1) is 25.7 Å². The Labute approximate surface area is 250 Å². The number of rotatable bonds is 14. The third-order valence-electron chi connectivity index (χ3n) is 7.87. The lowest BCUT2D eigenvalue weighted by molar-refractivity contribution is 0.500. The fourth-order valence-corrected chi connectivity index (χ4v) is 8.59. The number of aryl methyl sites for hydroxylation is 2. The van der Waals surface area contributed by atoms with E-state index in [0.29, 0.717) is 0 Å². The number of nitrogens with zero attached hydrogens (tertiary/aromatic N) is 2. The molecule has 2 unspecified atom stereocenters. The van der Waals surface area contributed by atoms with E-state index < -0.39 is 0 Å². The fraction of sp³-hybridized carbons (Fsp3) is 0.529. The van der Waals surface area contributed by atoms with Crippen molar-refractivity contribution in [2.75, 3.05) is 11.5 Å². The average molecular weight is 579 g/mol. The first kappa shape index (κ1) is 30.4. The maximum absolute atomic E-state index is 5.40. The normalized spacial score (nSPS) is 16.6.